The van der Waals surface area contributed by atoms with E-state index in [9.17, 15) is 4.79 Å². The average Bonchev–Trinajstić information content (AvgIpc) is 2.90. The van der Waals surface area contributed by atoms with Crippen molar-refractivity contribution in [1.29, 1.82) is 0 Å². The predicted molar refractivity (Wildman–Crippen MR) is 75.9 cm³/mol. The molecule has 0 saturated heterocycles. The first kappa shape index (κ1) is 13.7. The minimum Gasteiger partial charge on any atom is -0.352 e. The van der Waals surface area contributed by atoms with Crippen LogP contribution in [0.15, 0.2) is 29.0 Å². The molecule has 0 atom stereocenters. The van der Waals surface area contributed by atoms with E-state index in [0.29, 0.717) is 12.1 Å². The quantitative estimate of drug-likeness (QED) is 0.829. The van der Waals surface area contributed by atoms with Gasteiger partial charge in [0.2, 0.25) is 0 Å². The summed E-state index contributed by atoms with van der Waals surface area (Å²) < 4.78 is 0.907. The molecule has 1 amide bonds. The molecule has 1 aromatic heterocycles. The molecule has 0 bridgehead atoms. The van der Waals surface area contributed by atoms with Gasteiger partial charge in [-0.15, -0.1) is 0 Å². The van der Waals surface area contributed by atoms with Crippen molar-refractivity contribution in [3.05, 3.63) is 46.0 Å². The van der Waals surface area contributed by atoms with E-state index in [0.717, 1.165) is 28.7 Å². The number of halogens is 1. The number of aromatic nitrogens is 3. The molecule has 1 heterocycles. The van der Waals surface area contributed by atoms with Gasteiger partial charge in [0.1, 0.15) is 12.2 Å². The number of hydrogen-bond acceptors (Lipinski definition) is 3. The number of amides is 1. The van der Waals surface area contributed by atoms with Gasteiger partial charge in [-0.1, -0.05) is 22.0 Å². The van der Waals surface area contributed by atoms with Gasteiger partial charge in [0.05, 0.1) is 0 Å². The number of rotatable bonds is 5. The van der Waals surface area contributed by atoms with Crippen molar-refractivity contribution >= 4 is 21.8 Å². The number of carbonyl (C=O) groups excluding carboxylic acids is 1. The molecule has 0 saturated carbocycles. The van der Waals surface area contributed by atoms with E-state index in [1.54, 1.807) is 0 Å². The molecule has 0 fully saturated rings. The third kappa shape index (κ3) is 3.89. The zero-order chi connectivity index (χ0) is 13.7. The molecule has 6 heteroatoms. The highest BCUT2D eigenvalue weighted by atomic mass is 79.9. The van der Waals surface area contributed by atoms with Crippen LogP contribution in [0.4, 0.5) is 0 Å². The van der Waals surface area contributed by atoms with E-state index in [2.05, 4.69) is 36.4 Å². The molecular weight excluding hydrogens is 308 g/mol. The van der Waals surface area contributed by atoms with Crippen LogP contribution < -0.4 is 5.32 Å². The van der Waals surface area contributed by atoms with E-state index in [4.69, 9.17) is 0 Å². The first-order chi connectivity index (χ1) is 9.16. The number of benzene rings is 1. The minimum atomic E-state index is -0.0450. The Labute approximate surface area is 120 Å². The van der Waals surface area contributed by atoms with Gasteiger partial charge in [-0.05, 0) is 31.0 Å². The first-order valence-electron chi connectivity index (χ1n) is 6.05. The maximum Gasteiger partial charge on any atom is 0.251 e. The van der Waals surface area contributed by atoms with Gasteiger partial charge < -0.3 is 5.32 Å². The second-order valence-electron chi connectivity index (χ2n) is 4.25. The number of aromatic amines is 1. The number of nitrogens with zero attached hydrogens (tertiary/aromatic N) is 2. The molecule has 0 spiro atoms. The fourth-order valence-corrected chi connectivity index (χ4v) is 2.10. The zero-order valence-corrected chi connectivity index (χ0v) is 12.2. The number of aryl methyl sites for hydroxylation is 2. The van der Waals surface area contributed by atoms with Crippen LogP contribution in [0.3, 0.4) is 0 Å². The average molecular weight is 323 g/mol. The van der Waals surface area contributed by atoms with Crippen LogP contribution in [0.2, 0.25) is 0 Å². The fourth-order valence-electron chi connectivity index (χ4n) is 1.74. The molecule has 0 unspecified atom stereocenters. The smallest absolute Gasteiger partial charge is 0.251 e. The standard InChI is InChI=1S/C13H15BrN4O/c1-9-4-5-10(14)7-11(9)13(19)15-6-2-3-12-16-8-17-18-12/h4-5,7-8H,2-3,6H2,1H3,(H,15,19)(H,16,17,18). The Kier molecular flexibility index (Phi) is 4.68. The van der Waals surface area contributed by atoms with Crippen LogP contribution in [0, 0.1) is 6.92 Å². The second-order valence-corrected chi connectivity index (χ2v) is 5.17. The summed E-state index contributed by atoms with van der Waals surface area (Å²) in [6, 6.07) is 5.69. The maximum absolute atomic E-state index is 12.0. The van der Waals surface area contributed by atoms with Gasteiger partial charge in [0, 0.05) is 23.0 Å². The van der Waals surface area contributed by atoms with Crippen LogP contribution in [0.1, 0.15) is 28.2 Å². The monoisotopic (exact) mass is 322 g/mol. The van der Waals surface area contributed by atoms with Crippen LogP contribution in [0.5, 0.6) is 0 Å². The summed E-state index contributed by atoms with van der Waals surface area (Å²) in [7, 11) is 0. The molecule has 2 rings (SSSR count). The SMILES string of the molecule is Cc1ccc(Br)cc1C(=O)NCCCc1ncn[nH]1. The molecule has 0 aliphatic rings. The van der Waals surface area contributed by atoms with Crippen molar-refractivity contribution < 1.29 is 4.79 Å². The lowest BCUT2D eigenvalue weighted by Crippen LogP contribution is -2.25. The summed E-state index contributed by atoms with van der Waals surface area (Å²) in [5.41, 5.74) is 1.67. The molecule has 0 aliphatic carbocycles. The summed E-state index contributed by atoms with van der Waals surface area (Å²) in [5, 5.41) is 9.48. The number of nitrogens with one attached hydrogen (secondary N) is 2. The molecular formula is C13H15BrN4O. The van der Waals surface area contributed by atoms with Crippen molar-refractivity contribution in [2.45, 2.75) is 19.8 Å². The molecule has 5 nitrogen and oxygen atoms in total. The lowest BCUT2D eigenvalue weighted by Gasteiger charge is -2.07. The largest absolute Gasteiger partial charge is 0.352 e. The number of carbonyl (C=O) groups is 1. The minimum absolute atomic E-state index is 0.0450. The van der Waals surface area contributed by atoms with Crippen LogP contribution in [0.25, 0.3) is 0 Å². The molecule has 0 radical (unpaired) electrons. The summed E-state index contributed by atoms with van der Waals surface area (Å²) in [6.07, 6.45) is 3.09. The molecule has 1 aromatic carbocycles. The Hall–Kier alpha value is -1.69. The van der Waals surface area contributed by atoms with E-state index < -0.39 is 0 Å². The molecule has 0 aliphatic heterocycles. The van der Waals surface area contributed by atoms with Gasteiger partial charge in [0.25, 0.3) is 5.91 Å². The topological polar surface area (TPSA) is 70.7 Å². The Morgan fingerprint density at radius 3 is 3.05 bits per heavy atom. The highest BCUT2D eigenvalue weighted by molar-refractivity contribution is 9.10. The van der Waals surface area contributed by atoms with Crippen LogP contribution >= 0.6 is 15.9 Å². The van der Waals surface area contributed by atoms with Crippen molar-refractivity contribution in [2.75, 3.05) is 6.54 Å². The van der Waals surface area contributed by atoms with Gasteiger partial charge in [-0.3, -0.25) is 9.89 Å². The molecule has 100 valence electrons. The summed E-state index contributed by atoms with van der Waals surface area (Å²) in [5.74, 6) is 0.796. The van der Waals surface area contributed by atoms with Crippen LogP contribution in [-0.2, 0) is 6.42 Å². The van der Waals surface area contributed by atoms with Crippen molar-refractivity contribution in [1.82, 2.24) is 20.5 Å². The lowest BCUT2D eigenvalue weighted by atomic mass is 10.1. The number of H-pyrrole nitrogens is 1. The Balaban J connectivity index is 1.82. The van der Waals surface area contributed by atoms with E-state index in [-0.39, 0.29) is 5.91 Å². The van der Waals surface area contributed by atoms with Gasteiger partial charge in [-0.25, -0.2) is 4.98 Å². The van der Waals surface area contributed by atoms with Crippen molar-refractivity contribution in [3.63, 3.8) is 0 Å². The molecule has 19 heavy (non-hydrogen) atoms. The Morgan fingerprint density at radius 2 is 2.32 bits per heavy atom. The van der Waals surface area contributed by atoms with E-state index in [1.807, 2.05) is 25.1 Å². The molecule has 2 aromatic rings. The van der Waals surface area contributed by atoms with Gasteiger partial charge >= 0.3 is 0 Å². The van der Waals surface area contributed by atoms with Gasteiger partial charge in [-0.2, -0.15) is 5.10 Å². The fraction of sp³-hybridized carbons (Fsp3) is 0.308. The lowest BCUT2D eigenvalue weighted by molar-refractivity contribution is 0.0952. The normalized spacial score (nSPS) is 10.4. The number of hydrogen-bond donors (Lipinski definition) is 2. The van der Waals surface area contributed by atoms with Gasteiger partial charge in [0.15, 0.2) is 0 Å². The summed E-state index contributed by atoms with van der Waals surface area (Å²) >= 11 is 3.37. The maximum atomic E-state index is 12.0. The summed E-state index contributed by atoms with van der Waals surface area (Å²) in [6.45, 7) is 2.54. The third-order valence-corrected chi connectivity index (χ3v) is 3.28. The Bertz CT molecular complexity index is 554. The van der Waals surface area contributed by atoms with Crippen molar-refractivity contribution in [2.24, 2.45) is 0 Å². The Morgan fingerprint density at radius 1 is 1.47 bits per heavy atom. The summed E-state index contributed by atoms with van der Waals surface area (Å²) in [4.78, 5) is 16.0. The third-order valence-electron chi connectivity index (χ3n) is 2.79. The van der Waals surface area contributed by atoms with Crippen LogP contribution in [-0.4, -0.2) is 27.6 Å². The van der Waals surface area contributed by atoms with E-state index in [1.165, 1.54) is 6.33 Å². The molecule has 2 N–H and O–H groups in total. The first-order valence-corrected chi connectivity index (χ1v) is 6.84. The zero-order valence-electron chi connectivity index (χ0n) is 10.6. The highest BCUT2D eigenvalue weighted by Gasteiger charge is 2.08. The second kappa shape index (κ2) is 6.47. The van der Waals surface area contributed by atoms with Crippen molar-refractivity contribution in [3.8, 4) is 0 Å². The van der Waals surface area contributed by atoms with E-state index >= 15 is 0 Å². The predicted octanol–water partition coefficient (Wildman–Crippen LogP) is 2.24. The highest BCUT2D eigenvalue weighted by Crippen LogP contribution is 2.15.